The first-order valence-electron chi connectivity index (χ1n) is 13.4. The van der Waals surface area contributed by atoms with Crippen molar-refractivity contribution in [3.63, 3.8) is 0 Å². The third-order valence-electron chi connectivity index (χ3n) is 7.85. The molecule has 2 aliphatic rings. The average molecular weight is 500 g/mol. The zero-order valence-corrected chi connectivity index (χ0v) is 21.2. The van der Waals surface area contributed by atoms with Crippen LogP contribution in [0.3, 0.4) is 0 Å². The van der Waals surface area contributed by atoms with E-state index in [1.807, 2.05) is 29.2 Å². The molecule has 8 heteroatoms. The van der Waals surface area contributed by atoms with Crippen LogP contribution in [0.25, 0.3) is 0 Å². The Labute approximate surface area is 217 Å². The highest BCUT2D eigenvalue weighted by molar-refractivity contribution is 5.30. The van der Waals surface area contributed by atoms with E-state index >= 15 is 0 Å². The van der Waals surface area contributed by atoms with Gasteiger partial charge in [-0.2, -0.15) is 5.10 Å². The number of halogens is 1. The lowest BCUT2D eigenvalue weighted by Crippen LogP contribution is -2.42. The maximum absolute atomic E-state index is 13.9. The van der Waals surface area contributed by atoms with Gasteiger partial charge in [0, 0.05) is 38.1 Å². The van der Waals surface area contributed by atoms with Crippen LogP contribution < -0.4 is 0 Å². The number of aromatic nitrogens is 5. The van der Waals surface area contributed by atoms with Gasteiger partial charge in [0.15, 0.2) is 5.82 Å². The van der Waals surface area contributed by atoms with Crippen molar-refractivity contribution in [1.82, 2.24) is 34.3 Å². The van der Waals surface area contributed by atoms with Crippen molar-refractivity contribution in [3.05, 3.63) is 102 Å². The van der Waals surface area contributed by atoms with Crippen LogP contribution in [-0.4, -0.2) is 66.6 Å². The molecule has 0 radical (unpaired) electrons. The van der Waals surface area contributed by atoms with Gasteiger partial charge < -0.3 is 4.57 Å². The van der Waals surface area contributed by atoms with E-state index < -0.39 is 0 Å². The second kappa shape index (κ2) is 10.9. The Morgan fingerprint density at radius 3 is 2.54 bits per heavy atom. The lowest BCUT2D eigenvalue weighted by Gasteiger charge is -2.37. The van der Waals surface area contributed by atoms with Gasteiger partial charge in [0.1, 0.15) is 12.1 Å². The van der Waals surface area contributed by atoms with Crippen molar-refractivity contribution in [2.24, 2.45) is 0 Å². The van der Waals surface area contributed by atoms with Gasteiger partial charge in [-0.3, -0.25) is 14.5 Å². The Bertz CT molecular complexity index is 1280. The number of hydrogen-bond donors (Lipinski definition) is 0. The average Bonchev–Trinajstić information content (AvgIpc) is 3.48. The summed E-state index contributed by atoms with van der Waals surface area (Å²) in [4.78, 5) is 5.25. The van der Waals surface area contributed by atoms with Crippen molar-refractivity contribution in [2.45, 2.75) is 50.9 Å². The van der Waals surface area contributed by atoms with Gasteiger partial charge in [0.05, 0.1) is 19.1 Å². The minimum absolute atomic E-state index is 0.0175. The first-order valence-corrected chi connectivity index (χ1v) is 13.4. The molecule has 0 spiro atoms. The molecule has 1 saturated heterocycles. The molecular formula is C29H34FN7. The molecule has 2 fully saturated rings. The lowest BCUT2D eigenvalue weighted by atomic mass is 9.91. The summed E-state index contributed by atoms with van der Waals surface area (Å²) in [5.41, 5.74) is 3.32. The van der Waals surface area contributed by atoms with Crippen LogP contribution >= 0.6 is 0 Å². The van der Waals surface area contributed by atoms with Crippen molar-refractivity contribution in [2.75, 3.05) is 26.2 Å². The molecule has 0 bridgehead atoms. The maximum atomic E-state index is 13.9. The lowest BCUT2D eigenvalue weighted by molar-refractivity contribution is 0.127. The number of benzene rings is 2. The molecule has 6 rings (SSSR count). The molecule has 7 nitrogen and oxygen atoms in total. The molecule has 0 N–H and O–H groups in total. The van der Waals surface area contributed by atoms with E-state index in [2.05, 4.69) is 53.9 Å². The summed E-state index contributed by atoms with van der Waals surface area (Å²) >= 11 is 0. The van der Waals surface area contributed by atoms with Crippen LogP contribution in [0.5, 0.6) is 0 Å². The summed E-state index contributed by atoms with van der Waals surface area (Å²) in [6, 6.07) is 18.3. The van der Waals surface area contributed by atoms with E-state index in [-0.39, 0.29) is 11.9 Å². The van der Waals surface area contributed by atoms with Gasteiger partial charge >= 0.3 is 0 Å². The minimum atomic E-state index is -0.222. The summed E-state index contributed by atoms with van der Waals surface area (Å²) in [5.74, 6) is 0.682. The fourth-order valence-corrected chi connectivity index (χ4v) is 5.67. The molecule has 37 heavy (non-hydrogen) atoms. The summed E-state index contributed by atoms with van der Waals surface area (Å²) < 4.78 is 17.9. The minimum Gasteiger partial charge on any atom is -0.311 e. The Morgan fingerprint density at radius 2 is 1.78 bits per heavy atom. The first-order chi connectivity index (χ1) is 18.2. The summed E-state index contributed by atoms with van der Waals surface area (Å²) in [5, 5.41) is 13.3. The fraction of sp³-hybridized carbons (Fsp3) is 0.414. The topological polar surface area (TPSA) is 55.0 Å². The van der Waals surface area contributed by atoms with Crippen molar-refractivity contribution in [3.8, 4) is 0 Å². The molecule has 1 aliphatic heterocycles. The Balaban J connectivity index is 1.29. The zero-order valence-electron chi connectivity index (χ0n) is 21.2. The number of nitrogens with zero attached hydrogens (tertiary/aromatic N) is 7. The molecule has 1 atom stereocenters. The van der Waals surface area contributed by atoms with Crippen LogP contribution in [0.1, 0.15) is 54.2 Å². The highest BCUT2D eigenvalue weighted by atomic mass is 19.1. The summed E-state index contributed by atoms with van der Waals surface area (Å²) in [7, 11) is 0. The molecule has 4 aromatic rings. The van der Waals surface area contributed by atoms with E-state index in [9.17, 15) is 4.39 Å². The summed E-state index contributed by atoms with van der Waals surface area (Å²) in [6.45, 7) is 5.52. The largest absolute Gasteiger partial charge is 0.311 e. The molecule has 0 amide bonds. The second-order valence-electron chi connectivity index (χ2n) is 10.3. The number of hydrogen-bond acceptors (Lipinski definition) is 5. The van der Waals surface area contributed by atoms with Gasteiger partial charge in [-0.15, -0.1) is 10.2 Å². The number of rotatable bonds is 8. The van der Waals surface area contributed by atoms with Crippen LogP contribution in [0.15, 0.2) is 73.3 Å². The molecule has 2 aromatic heterocycles. The van der Waals surface area contributed by atoms with Crippen LogP contribution in [0.4, 0.5) is 4.39 Å². The van der Waals surface area contributed by atoms with Gasteiger partial charge in [-0.25, -0.2) is 4.39 Å². The predicted molar refractivity (Wildman–Crippen MR) is 141 cm³/mol. The zero-order chi connectivity index (χ0) is 25.0. The SMILES string of the molecule is Fc1cccc(Cn2cnnc2C(c2ccc(Cn3cccn3)cc2)N2CCCN(C3CCC3)CC2)c1. The van der Waals surface area contributed by atoms with Crippen LogP contribution in [-0.2, 0) is 13.1 Å². The molecule has 2 aromatic carbocycles. The normalized spacial score (nSPS) is 18.4. The monoisotopic (exact) mass is 499 g/mol. The van der Waals surface area contributed by atoms with Crippen LogP contribution in [0.2, 0.25) is 0 Å². The fourth-order valence-electron chi connectivity index (χ4n) is 5.67. The predicted octanol–water partition coefficient (Wildman–Crippen LogP) is 4.36. The van der Waals surface area contributed by atoms with Gasteiger partial charge in [-0.05, 0) is 60.7 Å². The van der Waals surface area contributed by atoms with Crippen molar-refractivity contribution in [1.29, 1.82) is 0 Å². The first kappa shape index (κ1) is 24.0. The highest BCUT2D eigenvalue weighted by Gasteiger charge is 2.32. The van der Waals surface area contributed by atoms with Crippen molar-refractivity contribution >= 4 is 0 Å². The highest BCUT2D eigenvalue weighted by Crippen LogP contribution is 2.31. The van der Waals surface area contributed by atoms with E-state index in [4.69, 9.17) is 0 Å². The smallest absolute Gasteiger partial charge is 0.155 e. The molecule has 192 valence electrons. The molecule has 1 saturated carbocycles. The van der Waals surface area contributed by atoms with Gasteiger partial charge in [0.2, 0.25) is 0 Å². The molecule has 1 unspecified atom stereocenters. The van der Waals surface area contributed by atoms with E-state index in [1.54, 1.807) is 18.5 Å². The van der Waals surface area contributed by atoms with Gasteiger partial charge in [0.25, 0.3) is 0 Å². The van der Waals surface area contributed by atoms with E-state index in [1.165, 1.54) is 36.5 Å². The van der Waals surface area contributed by atoms with E-state index in [0.717, 1.165) is 56.6 Å². The third kappa shape index (κ3) is 5.50. The van der Waals surface area contributed by atoms with Gasteiger partial charge in [-0.1, -0.05) is 42.8 Å². The Kier molecular flexibility index (Phi) is 7.10. The Morgan fingerprint density at radius 1 is 0.892 bits per heavy atom. The standard InChI is InChI=1S/C29H34FN7/c30-26-6-1-5-24(19-26)20-36-22-31-33-29(36)28(35-15-4-14-34(17-18-35)27-7-2-8-27)25-11-9-23(10-12-25)21-37-16-3-13-32-37/h1,3,5-6,9-13,16,19,22,27-28H,2,4,7-8,14-15,17-18,20-21H2. The molecule has 3 heterocycles. The summed E-state index contributed by atoms with van der Waals surface area (Å²) in [6.07, 6.45) is 10.7. The van der Waals surface area contributed by atoms with E-state index in [0.29, 0.717) is 6.54 Å². The van der Waals surface area contributed by atoms with Crippen LogP contribution in [0, 0.1) is 5.82 Å². The quantitative estimate of drug-likeness (QED) is 0.361. The Hall–Kier alpha value is -3.36. The maximum Gasteiger partial charge on any atom is 0.155 e. The molecule has 1 aliphatic carbocycles. The van der Waals surface area contributed by atoms with Crippen molar-refractivity contribution < 1.29 is 4.39 Å². The molecular weight excluding hydrogens is 465 g/mol. The second-order valence-corrected chi connectivity index (χ2v) is 10.3. The third-order valence-corrected chi connectivity index (χ3v) is 7.85.